The average molecular weight is 499 g/mol. The zero-order chi connectivity index (χ0) is 24.7. The molecule has 5 rings (SSSR count). The van der Waals surface area contributed by atoms with Crippen LogP contribution in [0.15, 0.2) is 77.8 Å². The van der Waals surface area contributed by atoms with Crippen molar-refractivity contribution in [2.24, 2.45) is 5.92 Å². The molecule has 1 aliphatic carbocycles. The van der Waals surface area contributed by atoms with Crippen LogP contribution in [0.25, 0.3) is 0 Å². The number of para-hydroxylation sites is 2. The second-order valence-corrected chi connectivity index (χ2v) is 9.40. The molecule has 1 aliphatic heterocycles. The van der Waals surface area contributed by atoms with E-state index in [9.17, 15) is 22.8 Å². The average Bonchev–Trinajstić information content (AvgIpc) is 3.32. The van der Waals surface area contributed by atoms with Gasteiger partial charge in [-0.15, -0.1) is 11.3 Å². The Hall–Kier alpha value is -3.59. The van der Waals surface area contributed by atoms with E-state index in [0.29, 0.717) is 22.0 Å². The number of methoxy groups -OCH3 is 1. The van der Waals surface area contributed by atoms with Crippen LogP contribution < -0.4 is 15.0 Å². The number of carbonyl (C=O) groups excluding carboxylic acids is 2. The van der Waals surface area contributed by atoms with Crippen LogP contribution in [0, 0.1) is 5.92 Å². The number of halogens is 3. The van der Waals surface area contributed by atoms with Gasteiger partial charge in [0.1, 0.15) is 11.5 Å². The lowest BCUT2D eigenvalue weighted by atomic mass is 9.77. The van der Waals surface area contributed by atoms with Crippen LogP contribution in [0.5, 0.6) is 5.75 Å². The molecule has 1 N–H and O–H groups in total. The summed E-state index contributed by atoms with van der Waals surface area (Å²) in [6.45, 7) is 0. The Bertz CT molecular complexity index is 1290. The maximum atomic E-state index is 13.8. The number of rotatable bonds is 3. The molecule has 9 heteroatoms. The summed E-state index contributed by atoms with van der Waals surface area (Å²) in [5.41, 5.74) is 1.80. The Labute approximate surface area is 203 Å². The van der Waals surface area contributed by atoms with Crippen molar-refractivity contribution < 1.29 is 27.5 Å². The molecule has 0 bridgehead atoms. The fraction of sp³-hybridized carbons (Fsp3) is 0.231. The van der Waals surface area contributed by atoms with Crippen LogP contribution in [-0.2, 0) is 9.59 Å². The number of allylic oxidation sites excluding steroid dienone is 1. The largest absolute Gasteiger partial charge is 0.497 e. The van der Waals surface area contributed by atoms with Crippen LogP contribution in [-0.4, -0.2) is 25.0 Å². The van der Waals surface area contributed by atoms with Crippen molar-refractivity contribution in [3.8, 4) is 5.75 Å². The monoisotopic (exact) mass is 498 g/mol. The number of anilines is 2. The summed E-state index contributed by atoms with van der Waals surface area (Å²) in [4.78, 5) is 27.7. The molecule has 5 nitrogen and oxygen atoms in total. The smallest absolute Gasteiger partial charge is 0.471 e. The number of amides is 1. The molecular weight excluding hydrogens is 477 g/mol. The zero-order valence-corrected chi connectivity index (χ0v) is 19.4. The Morgan fingerprint density at radius 3 is 2.49 bits per heavy atom. The molecule has 1 aromatic heterocycles. The lowest BCUT2D eigenvalue weighted by molar-refractivity contribution is -0.171. The van der Waals surface area contributed by atoms with E-state index in [0.717, 1.165) is 10.5 Å². The van der Waals surface area contributed by atoms with E-state index in [4.69, 9.17) is 4.74 Å². The minimum Gasteiger partial charge on any atom is -0.497 e. The highest BCUT2D eigenvalue weighted by Crippen LogP contribution is 2.49. The Balaban J connectivity index is 1.68. The molecule has 0 spiro atoms. The molecule has 0 fully saturated rings. The van der Waals surface area contributed by atoms with Crippen LogP contribution in [0.4, 0.5) is 24.5 Å². The van der Waals surface area contributed by atoms with Crippen molar-refractivity contribution in [1.29, 1.82) is 0 Å². The number of nitrogens with zero attached hydrogens (tertiary/aromatic N) is 1. The van der Waals surface area contributed by atoms with E-state index < -0.39 is 24.0 Å². The minimum atomic E-state index is -5.11. The van der Waals surface area contributed by atoms with Gasteiger partial charge in [0.15, 0.2) is 0 Å². The number of alkyl halides is 3. The number of ether oxygens (including phenoxy) is 1. The van der Waals surface area contributed by atoms with Crippen molar-refractivity contribution in [1.82, 2.24) is 0 Å². The minimum absolute atomic E-state index is 0.0809. The molecule has 0 saturated heterocycles. The molecule has 3 atom stereocenters. The summed E-state index contributed by atoms with van der Waals surface area (Å²) in [7, 11) is 1.57. The SMILES string of the molecule is COc1ccc(C2C=C3Nc4ccccc4N(C(=O)C(F)(F)F)C(c4cccs4)C3C(=O)C2)cc1. The molecule has 2 aromatic carbocycles. The molecule has 1 amide bonds. The third-order valence-electron chi connectivity index (χ3n) is 6.36. The fourth-order valence-corrected chi connectivity index (χ4v) is 5.65. The highest BCUT2D eigenvalue weighted by Gasteiger charge is 2.52. The van der Waals surface area contributed by atoms with Gasteiger partial charge in [0.05, 0.1) is 30.4 Å². The van der Waals surface area contributed by atoms with Gasteiger partial charge < -0.3 is 10.1 Å². The molecule has 2 heterocycles. The Morgan fingerprint density at radius 2 is 1.83 bits per heavy atom. The van der Waals surface area contributed by atoms with Crippen molar-refractivity contribution in [3.63, 3.8) is 0 Å². The molecule has 3 aromatic rings. The van der Waals surface area contributed by atoms with E-state index >= 15 is 0 Å². The predicted molar refractivity (Wildman–Crippen MR) is 128 cm³/mol. The summed E-state index contributed by atoms with van der Waals surface area (Å²) in [5.74, 6) is -2.80. The maximum absolute atomic E-state index is 13.8. The Kier molecular flexibility index (Phi) is 5.88. The van der Waals surface area contributed by atoms with Crippen molar-refractivity contribution in [2.75, 3.05) is 17.3 Å². The number of fused-ring (bicyclic) bond motifs is 2. The maximum Gasteiger partial charge on any atom is 0.471 e. The first kappa shape index (κ1) is 23.2. The molecule has 3 unspecified atom stereocenters. The first-order chi connectivity index (χ1) is 16.8. The molecular formula is C26H21F3N2O3S. The zero-order valence-electron chi connectivity index (χ0n) is 18.6. The molecule has 35 heavy (non-hydrogen) atoms. The quantitative estimate of drug-likeness (QED) is 0.476. The third-order valence-corrected chi connectivity index (χ3v) is 7.30. The van der Waals surface area contributed by atoms with Gasteiger partial charge in [0.2, 0.25) is 0 Å². The number of hydrogen-bond donors (Lipinski definition) is 1. The molecule has 180 valence electrons. The van der Waals surface area contributed by atoms with Gasteiger partial charge in [-0.3, -0.25) is 14.5 Å². The lowest BCUT2D eigenvalue weighted by Crippen LogP contribution is -2.47. The number of carbonyl (C=O) groups is 2. The fourth-order valence-electron chi connectivity index (χ4n) is 4.79. The number of ketones is 1. The van der Waals surface area contributed by atoms with E-state index in [-0.39, 0.29) is 23.8 Å². The van der Waals surface area contributed by atoms with Gasteiger partial charge >= 0.3 is 12.1 Å². The van der Waals surface area contributed by atoms with Gasteiger partial charge in [-0.2, -0.15) is 13.2 Å². The summed E-state index contributed by atoms with van der Waals surface area (Å²) in [5, 5.41) is 4.93. The summed E-state index contributed by atoms with van der Waals surface area (Å²) in [6.07, 6.45) is -3.11. The van der Waals surface area contributed by atoms with Gasteiger partial charge in [-0.25, -0.2) is 0 Å². The number of benzene rings is 2. The standard InChI is InChI=1S/C26H21F3N2O3S/c1-34-17-10-8-15(9-11-17)16-13-19-23(21(32)14-16)24(22-7-4-12-35-22)31(25(33)26(27,28)29)20-6-3-2-5-18(20)30-19/h2-13,16,23-24,30H,14H2,1H3. The van der Waals surface area contributed by atoms with Crippen molar-refractivity contribution in [2.45, 2.75) is 24.6 Å². The topological polar surface area (TPSA) is 58.6 Å². The van der Waals surface area contributed by atoms with E-state index in [1.165, 1.54) is 17.4 Å². The highest BCUT2D eigenvalue weighted by atomic mass is 32.1. The van der Waals surface area contributed by atoms with Crippen LogP contribution in [0.3, 0.4) is 0 Å². The highest BCUT2D eigenvalue weighted by molar-refractivity contribution is 7.10. The normalized spacial score (nSPS) is 21.8. The van der Waals surface area contributed by atoms with Crippen molar-refractivity contribution in [3.05, 3.63) is 88.3 Å². The van der Waals surface area contributed by atoms with Crippen molar-refractivity contribution >= 4 is 34.4 Å². The van der Waals surface area contributed by atoms with Crippen LogP contribution >= 0.6 is 11.3 Å². The number of thiophene rings is 1. The summed E-state index contributed by atoms with van der Waals surface area (Å²) >= 11 is 1.22. The number of nitrogens with one attached hydrogen (secondary N) is 1. The summed E-state index contributed by atoms with van der Waals surface area (Å²) in [6, 6.07) is 15.9. The van der Waals surface area contributed by atoms with E-state index in [1.54, 1.807) is 55.0 Å². The van der Waals surface area contributed by atoms with Gasteiger partial charge in [0.25, 0.3) is 0 Å². The Morgan fingerprint density at radius 1 is 1.09 bits per heavy atom. The lowest BCUT2D eigenvalue weighted by Gasteiger charge is -2.37. The van der Waals surface area contributed by atoms with Gasteiger partial charge in [-0.05, 0) is 41.3 Å². The van der Waals surface area contributed by atoms with Crippen LogP contribution in [0.2, 0.25) is 0 Å². The molecule has 2 aliphatic rings. The van der Waals surface area contributed by atoms with E-state index in [1.807, 2.05) is 18.2 Å². The first-order valence-corrected chi connectivity index (χ1v) is 11.8. The third kappa shape index (κ3) is 4.20. The van der Waals surface area contributed by atoms with Crippen LogP contribution in [0.1, 0.15) is 28.8 Å². The first-order valence-electron chi connectivity index (χ1n) is 11.0. The van der Waals surface area contributed by atoms with Gasteiger partial charge in [0, 0.05) is 22.9 Å². The van der Waals surface area contributed by atoms with Gasteiger partial charge in [-0.1, -0.05) is 36.4 Å². The number of Topliss-reactive ketones (excluding diaryl/α,β-unsaturated/α-hetero) is 1. The second-order valence-electron chi connectivity index (χ2n) is 8.43. The number of hydrogen-bond acceptors (Lipinski definition) is 5. The second kappa shape index (κ2) is 8.88. The molecule has 0 radical (unpaired) electrons. The van der Waals surface area contributed by atoms with E-state index in [2.05, 4.69) is 5.32 Å². The molecule has 0 saturated carbocycles. The predicted octanol–water partition coefficient (Wildman–Crippen LogP) is 6.08. The summed E-state index contributed by atoms with van der Waals surface area (Å²) < 4.78 is 46.7.